The van der Waals surface area contributed by atoms with Gasteiger partial charge in [0, 0.05) is 35.3 Å². The molecule has 34 heavy (non-hydrogen) atoms. The number of aromatic nitrogens is 4. The first kappa shape index (κ1) is 22.6. The van der Waals surface area contributed by atoms with Crippen LogP contribution in [0.3, 0.4) is 0 Å². The molecule has 0 fully saturated rings. The van der Waals surface area contributed by atoms with Gasteiger partial charge in [-0.1, -0.05) is 12.1 Å². The maximum absolute atomic E-state index is 11.4. The van der Waals surface area contributed by atoms with Crippen molar-refractivity contribution < 1.29 is 19.0 Å². The van der Waals surface area contributed by atoms with E-state index in [1.165, 1.54) is 6.33 Å². The van der Waals surface area contributed by atoms with Crippen molar-refractivity contribution in [3.8, 4) is 52.1 Å². The number of nitrogens with one attached hydrogen (secondary N) is 1. The molecule has 0 radical (unpaired) electrons. The second-order valence-corrected chi connectivity index (χ2v) is 7.23. The van der Waals surface area contributed by atoms with E-state index in [2.05, 4.69) is 15.3 Å². The standard InChI is InChI=1S/C25H23N5O4/c1-5-23(31)26-9-10-30-14-19(24(29-30)16-7-6-8-17(11-16)32-2)25-18-12-21(33-3)22(34-4)13-20(18)27-15-28-25/h1,6-8,11-15H,9-10H2,2-4H3,(H,26,31). The van der Waals surface area contributed by atoms with Crippen LogP contribution in [0, 0.1) is 12.3 Å². The molecule has 0 unspecified atom stereocenters. The largest absolute Gasteiger partial charge is 0.497 e. The van der Waals surface area contributed by atoms with E-state index in [0.29, 0.717) is 47.2 Å². The Kier molecular flexibility index (Phi) is 6.59. The highest BCUT2D eigenvalue weighted by atomic mass is 16.5. The topological polar surface area (TPSA) is 100 Å². The fourth-order valence-corrected chi connectivity index (χ4v) is 3.63. The van der Waals surface area contributed by atoms with E-state index < -0.39 is 5.91 Å². The summed E-state index contributed by atoms with van der Waals surface area (Å²) in [4.78, 5) is 20.4. The van der Waals surface area contributed by atoms with Gasteiger partial charge in [0.25, 0.3) is 5.91 Å². The summed E-state index contributed by atoms with van der Waals surface area (Å²) >= 11 is 0. The summed E-state index contributed by atoms with van der Waals surface area (Å²) in [6.45, 7) is 0.752. The van der Waals surface area contributed by atoms with Crippen molar-refractivity contribution in [2.75, 3.05) is 27.9 Å². The smallest absolute Gasteiger partial charge is 0.295 e. The van der Waals surface area contributed by atoms with Crippen molar-refractivity contribution in [3.05, 3.63) is 48.9 Å². The molecule has 0 aliphatic heterocycles. The number of ether oxygens (including phenoxy) is 3. The minimum absolute atomic E-state index is 0.331. The van der Waals surface area contributed by atoms with Gasteiger partial charge in [-0.3, -0.25) is 9.48 Å². The van der Waals surface area contributed by atoms with Crippen molar-refractivity contribution in [1.29, 1.82) is 0 Å². The highest BCUT2D eigenvalue weighted by Gasteiger charge is 2.19. The van der Waals surface area contributed by atoms with Crippen molar-refractivity contribution >= 4 is 16.8 Å². The number of carbonyl (C=O) groups is 1. The summed E-state index contributed by atoms with van der Waals surface area (Å²) in [5.41, 5.74) is 3.73. The average Bonchev–Trinajstić information content (AvgIpc) is 3.31. The molecule has 0 bridgehead atoms. The lowest BCUT2D eigenvalue weighted by Gasteiger charge is -2.11. The molecule has 2 aromatic heterocycles. The number of rotatable bonds is 8. The Hall–Kier alpha value is -4.58. The molecule has 9 nitrogen and oxygen atoms in total. The van der Waals surface area contributed by atoms with Gasteiger partial charge in [-0.2, -0.15) is 5.10 Å². The Morgan fingerprint density at radius 3 is 2.59 bits per heavy atom. The average molecular weight is 457 g/mol. The Morgan fingerprint density at radius 1 is 1.06 bits per heavy atom. The van der Waals surface area contributed by atoms with Crippen molar-refractivity contribution in [1.82, 2.24) is 25.1 Å². The van der Waals surface area contributed by atoms with Gasteiger partial charge >= 0.3 is 0 Å². The van der Waals surface area contributed by atoms with Crippen LogP contribution in [0.1, 0.15) is 0 Å². The van der Waals surface area contributed by atoms with Crippen LogP contribution in [0.25, 0.3) is 33.4 Å². The summed E-state index contributed by atoms with van der Waals surface area (Å²) in [6, 6.07) is 11.3. The monoisotopic (exact) mass is 457 g/mol. The van der Waals surface area contributed by atoms with E-state index in [1.54, 1.807) is 26.0 Å². The van der Waals surface area contributed by atoms with E-state index in [-0.39, 0.29) is 0 Å². The molecule has 0 atom stereocenters. The predicted octanol–water partition coefficient (Wildman–Crippen LogP) is 2.94. The lowest BCUT2D eigenvalue weighted by atomic mass is 10.0. The molecule has 0 spiro atoms. The van der Waals surface area contributed by atoms with Crippen molar-refractivity contribution in [3.63, 3.8) is 0 Å². The third-order valence-corrected chi connectivity index (χ3v) is 5.26. The van der Waals surface area contributed by atoms with Crippen LogP contribution >= 0.6 is 0 Å². The molecule has 0 saturated carbocycles. The van der Waals surface area contributed by atoms with Crippen LogP contribution in [-0.4, -0.2) is 53.5 Å². The number of amides is 1. The van der Waals surface area contributed by atoms with Crippen LogP contribution in [0.5, 0.6) is 17.2 Å². The van der Waals surface area contributed by atoms with Crippen LogP contribution in [0.15, 0.2) is 48.9 Å². The molecule has 0 aliphatic rings. The molecule has 4 rings (SSSR count). The van der Waals surface area contributed by atoms with Gasteiger partial charge in [0.05, 0.1) is 39.1 Å². The molecule has 4 aromatic rings. The van der Waals surface area contributed by atoms with Gasteiger partial charge in [-0.15, -0.1) is 6.42 Å². The second kappa shape index (κ2) is 9.92. The van der Waals surface area contributed by atoms with E-state index in [1.807, 2.05) is 48.5 Å². The maximum Gasteiger partial charge on any atom is 0.295 e. The molecule has 2 heterocycles. The third kappa shape index (κ3) is 4.47. The van der Waals surface area contributed by atoms with E-state index >= 15 is 0 Å². The molecule has 2 aromatic carbocycles. The van der Waals surface area contributed by atoms with E-state index in [9.17, 15) is 4.79 Å². The second-order valence-electron chi connectivity index (χ2n) is 7.23. The molecule has 1 amide bonds. The number of benzene rings is 2. The summed E-state index contributed by atoms with van der Waals surface area (Å²) in [5, 5.41) is 8.21. The van der Waals surface area contributed by atoms with Crippen LogP contribution in [0.2, 0.25) is 0 Å². The van der Waals surface area contributed by atoms with Crippen LogP contribution < -0.4 is 19.5 Å². The zero-order chi connectivity index (χ0) is 24.1. The number of nitrogens with zero attached hydrogens (tertiary/aromatic N) is 4. The first-order valence-electron chi connectivity index (χ1n) is 10.4. The summed E-state index contributed by atoms with van der Waals surface area (Å²) in [7, 11) is 4.78. The summed E-state index contributed by atoms with van der Waals surface area (Å²) in [6.07, 6.45) is 8.51. The number of hydrogen-bond acceptors (Lipinski definition) is 7. The number of carbonyl (C=O) groups excluding carboxylic acids is 1. The third-order valence-electron chi connectivity index (χ3n) is 5.26. The Morgan fingerprint density at radius 2 is 1.85 bits per heavy atom. The van der Waals surface area contributed by atoms with Crippen molar-refractivity contribution in [2.45, 2.75) is 6.54 Å². The quantitative estimate of drug-likeness (QED) is 0.406. The van der Waals surface area contributed by atoms with Gasteiger partial charge < -0.3 is 19.5 Å². The van der Waals surface area contributed by atoms with Gasteiger partial charge in [0.1, 0.15) is 17.8 Å². The summed E-state index contributed by atoms with van der Waals surface area (Å²) < 4.78 is 18.1. The SMILES string of the molecule is C#CC(=O)NCCn1cc(-c2ncnc3cc(OC)c(OC)cc23)c(-c2cccc(OC)c2)n1. The molecule has 172 valence electrons. The summed E-state index contributed by atoms with van der Waals surface area (Å²) in [5.74, 6) is 3.42. The number of terminal acetylenes is 1. The highest BCUT2D eigenvalue weighted by Crippen LogP contribution is 2.38. The van der Waals surface area contributed by atoms with E-state index in [0.717, 1.165) is 16.5 Å². The highest BCUT2D eigenvalue weighted by molar-refractivity contribution is 5.97. The molecule has 0 saturated heterocycles. The fourth-order valence-electron chi connectivity index (χ4n) is 3.63. The molecule has 9 heteroatoms. The van der Waals surface area contributed by atoms with Crippen LogP contribution in [-0.2, 0) is 11.3 Å². The number of fused-ring (bicyclic) bond motifs is 1. The van der Waals surface area contributed by atoms with Crippen molar-refractivity contribution in [2.24, 2.45) is 0 Å². The van der Waals surface area contributed by atoms with Gasteiger partial charge in [0.2, 0.25) is 0 Å². The Bertz CT molecular complexity index is 1390. The molecular formula is C25H23N5O4. The molecule has 0 aliphatic carbocycles. The first-order chi connectivity index (χ1) is 16.6. The lowest BCUT2D eigenvalue weighted by Crippen LogP contribution is -2.25. The number of methoxy groups -OCH3 is 3. The molecule has 1 N–H and O–H groups in total. The van der Waals surface area contributed by atoms with Crippen LogP contribution in [0.4, 0.5) is 0 Å². The van der Waals surface area contributed by atoms with E-state index in [4.69, 9.17) is 25.7 Å². The fraction of sp³-hybridized carbons (Fsp3) is 0.200. The minimum atomic E-state index is -0.469. The first-order valence-corrected chi connectivity index (χ1v) is 10.4. The minimum Gasteiger partial charge on any atom is -0.497 e. The molecular weight excluding hydrogens is 434 g/mol. The Balaban J connectivity index is 1.86. The predicted molar refractivity (Wildman–Crippen MR) is 128 cm³/mol. The van der Waals surface area contributed by atoms with Gasteiger partial charge in [-0.05, 0) is 24.1 Å². The van der Waals surface area contributed by atoms with Gasteiger partial charge in [0.15, 0.2) is 11.5 Å². The van der Waals surface area contributed by atoms with Gasteiger partial charge in [-0.25, -0.2) is 9.97 Å². The normalized spacial score (nSPS) is 10.5. The number of hydrogen-bond donors (Lipinski definition) is 1. The maximum atomic E-state index is 11.4. The lowest BCUT2D eigenvalue weighted by molar-refractivity contribution is -0.115. The Labute approximate surface area is 196 Å². The zero-order valence-corrected chi connectivity index (χ0v) is 19.0. The zero-order valence-electron chi connectivity index (χ0n) is 19.0.